The van der Waals surface area contributed by atoms with Gasteiger partial charge in [0.2, 0.25) is 0 Å². The Bertz CT molecular complexity index is 1050. The zero-order chi connectivity index (χ0) is 22.2. The van der Waals surface area contributed by atoms with E-state index in [2.05, 4.69) is 10.6 Å². The van der Waals surface area contributed by atoms with Crippen LogP contribution in [0.1, 0.15) is 26.3 Å². The molecule has 6 nitrogen and oxygen atoms in total. The van der Waals surface area contributed by atoms with Gasteiger partial charge in [0, 0.05) is 32.0 Å². The van der Waals surface area contributed by atoms with Crippen LogP contribution in [-0.2, 0) is 6.42 Å². The van der Waals surface area contributed by atoms with Crippen LogP contribution in [0.4, 0.5) is 11.4 Å². The van der Waals surface area contributed by atoms with Crippen LogP contribution in [-0.4, -0.2) is 39.6 Å². The highest BCUT2D eigenvalue weighted by molar-refractivity contribution is 6.07. The molecule has 2 N–H and O–H groups in total. The van der Waals surface area contributed by atoms with Crippen LogP contribution in [0, 0.1) is 0 Å². The van der Waals surface area contributed by atoms with Gasteiger partial charge in [-0.05, 0) is 42.3 Å². The lowest BCUT2D eigenvalue weighted by Crippen LogP contribution is -2.28. The van der Waals surface area contributed by atoms with Crippen molar-refractivity contribution >= 4 is 23.2 Å². The second kappa shape index (κ2) is 10.3. The molecule has 0 fully saturated rings. The molecule has 0 aromatic heterocycles. The second-order valence-corrected chi connectivity index (χ2v) is 7.27. The number of hydrogen-bond acceptors (Lipinski definition) is 4. The number of para-hydroxylation sites is 1. The lowest BCUT2D eigenvalue weighted by molar-refractivity contribution is 0.0953. The maximum absolute atomic E-state index is 12.9. The summed E-state index contributed by atoms with van der Waals surface area (Å²) in [6.45, 7) is 0.521. The van der Waals surface area contributed by atoms with E-state index in [0.717, 1.165) is 17.7 Å². The predicted octanol–water partition coefficient (Wildman–Crippen LogP) is 3.99. The summed E-state index contributed by atoms with van der Waals surface area (Å²) in [5.74, 6) is 0.00213. The standard InChI is InChI=1S/C25H27N3O3/c1-28(2)22-14-13-19(27-25(30)20-11-7-8-12-23(20)31-3)17-21(22)24(29)26-16-15-18-9-5-4-6-10-18/h4-14,17H,15-16H2,1-3H3,(H,26,29)(H,27,30). The van der Waals surface area contributed by atoms with E-state index in [0.29, 0.717) is 29.1 Å². The lowest BCUT2D eigenvalue weighted by atomic mass is 10.1. The molecule has 160 valence electrons. The molecule has 0 unspecified atom stereocenters. The molecule has 0 aliphatic heterocycles. The topological polar surface area (TPSA) is 70.7 Å². The third-order valence-corrected chi connectivity index (χ3v) is 4.87. The van der Waals surface area contributed by atoms with Crippen molar-refractivity contribution in [2.45, 2.75) is 6.42 Å². The van der Waals surface area contributed by atoms with Gasteiger partial charge in [-0.1, -0.05) is 42.5 Å². The van der Waals surface area contributed by atoms with E-state index in [1.807, 2.05) is 55.4 Å². The van der Waals surface area contributed by atoms with Crippen LogP contribution in [0.15, 0.2) is 72.8 Å². The van der Waals surface area contributed by atoms with Gasteiger partial charge < -0.3 is 20.3 Å². The highest BCUT2D eigenvalue weighted by Crippen LogP contribution is 2.25. The van der Waals surface area contributed by atoms with Crippen molar-refractivity contribution in [1.29, 1.82) is 0 Å². The van der Waals surface area contributed by atoms with Gasteiger partial charge in [-0.25, -0.2) is 0 Å². The third-order valence-electron chi connectivity index (χ3n) is 4.87. The molecule has 0 saturated carbocycles. The Hall–Kier alpha value is -3.80. The molecule has 0 heterocycles. The molecule has 0 atom stereocenters. The molecule has 2 amide bonds. The normalized spacial score (nSPS) is 10.3. The largest absolute Gasteiger partial charge is 0.496 e. The van der Waals surface area contributed by atoms with Crippen molar-refractivity contribution in [2.24, 2.45) is 0 Å². The van der Waals surface area contributed by atoms with Crippen LogP contribution < -0.4 is 20.3 Å². The van der Waals surface area contributed by atoms with Crippen LogP contribution >= 0.6 is 0 Å². The molecule has 0 aliphatic rings. The number of carbonyl (C=O) groups is 2. The number of rotatable bonds is 8. The summed E-state index contributed by atoms with van der Waals surface area (Å²) in [5, 5.41) is 5.83. The Kier molecular flexibility index (Phi) is 7.27. The van der Waals surface area contributed by atoms with Gasteiger partial charge in [-0.15, -0.1) is 0 Å². The van der Waals surface area contributed by atoms with Crippen molar-refractivity contribution in [3.05, 3.63) is 89.5 Å². The summed E-state index contributed by atoms with van der Waals surface area (Å²) in [5.41, 5.74) is 3.39. The first-order chi connectivity index (χ1) is 15.0. The molecule has 0 spiro atoms. The maximum atomic E-state index is 12.9. The molecule has 6 heteroatoms. The second-order valence-electron chi connectivity index (χ2n) is 7.27. The SMILES string of the molecule is COc1ccccc1C(=O)Nc1ccc(N(C)C)c(C(=O)NCCc2ccccc2)c1. The Morgan fingerprint density at radius 3 is 2.29 bits per heavy atom. The fraction of sp³-hybridized carbons (Fsp3) is 0.200. The third kappa shape index (κ3) is 5.63. The van der Waals surface area contributed by atoms with E-state index < -0.39 is 0 Å². The van der Waals surface area contributed by atoms with E-state index in [-0.39, 0.29) is 11.8 Å². The molecular weight excluding hydrogens is 390 g/mol. The van der Waals surface area contributed by atoms with E-state index >= 15 is 0 Å². The summed E-state index contributed by atoms with van der Waals surface area (Å²) >= 11 is 0. The Balaban J connectivity index is 1.75. The minimum absolute atomic E-state index is 0.187. The van der Waals surface area contributed by atoms with Crippen molar-refractivity contribution < 1.29 is 14.3 Å². The van der Waals surface area contributed by atoms with Crippen LogP contribution in [0.25, 0.3) is 0 Å². The number of nitrogens with one attached hydrogen (secondary N) is 2. The quantitative estimate of drug-likeness (QED) is 0.582. The van der Waals surface area contributed by atoms with E-state index in [1.54, 1.807) is 36.4 Å². The van der Waals surface area contributed by atoms with Gasteiger partial charge in [0.1, 0.15) is 5.75 Å². The van der Waals surface area contributed by atoms with E-state index in [4.69, 9.17) is 4.74 Å². The molecule has 3 aromatic rings. The smallest absolute Gasteiger partial charge is 0.259 e. The number of ether oxygens (including phenoxy) is 1. The van der Waals surface area contributed by atoms with Gasteiger partial charge in [0.05, 0.1) is 18.2 Å². The minimum atomic E-state index is -0.300. The van der Waals surface area contributed by atoms with E-state index in [9.17, 15) is 9.59 Å². The van der Waals surface area contributed by atoms with Crippen molar-refractivity contribution in [3.8, 4) is 5.75 Å². The van der Waals surface area contributed by atoms with E-state index in [1.165, 1.54) is 7.11 Å². The minimum Gasteiger partial charge on any atom is -0.496 e. The summed E-state index contributed by atoms with van der Waals surface area (Å²) in [6, 6.07) is 22.3. The maximum Gasteiger partial charge on any atom is 0.259 e. The van der Waals surface area contributed by atoms with Crippen molar-refractivity contribution in [1.82, 2.24) is 5.32 Å². The van der Waals surface area contributed by atoms with Crippen LogP contribution in [0.3, 0.4) is 0 Å². The number of carbonyl (C=O) groups excluding carboxylic acids is 2. The first-order valence-corrected chi connectivity index (χ1v) is 10.1. The zero-order valence-electron chi connectivity index (χ0n) is 18.0. The Morgan fingerprint density at radius 1 is 0.871 bits per heavy atom. The van der Waals surface area contributed by atoms with Gasteiger partial charge in [-0.2, -0.15) is 0 Å². The molecule has 31 heavy (non-hydrogen) atoms. The first-order valence-electron chi connectivity index (χ1n) is 10.1. The summed E-state index contributed by atoms with van der Waals surface area (Å²) in [6.07, 6.45) is 0.744. The molecule has 0 bridgehead atoms. The Morgan fingerprint density at radius 2 is 1.58 bits per heavy atom. The van der Waals surface area contributed by atoms with Crippen LogP contribution in [0.2, 0.25) is 0 Å². The summed E-state index contributed by atoms with van der Waals surface area (Å²) < 4.78 is 5.27. The molecule has 0 radical (unpaired) electrons. The number of amides is 2. The molecule has 0 saturated heterocycles. The van der Waals surface area contributed by atoms with Gasteiger partial charge in [0.25, 0.3) is 11.8 Å². The average Bonchev–Trinajstić information content (AvgIpc) is 2.79. The molecule has 3 aromatic carbocycles. The monoisotopic (exact) mass is 417 g/mol. The highest BCUT2D eigenvalue weighted by Gasteiger charge is 2.16. The van der Waals surface area contributed by atoms with Crippen LogP contribution in [0.5, 0.6) is 5.75 Å². The highest BCUT2D eigenvalue weighted by atomic mass is 16.5. The summed E-state index contributed by atoms with van der Waals surface area (Å²) in [7, 11) is 5.28. The number of hydrogen-bond donors (Lipinski definition) is 2. The Labute approximate surface area is 182 Å². The number of anilines is 2. The molecule has 3 rings (SSSR count). The fourth-order valence-electron chi connectivity index (χ4n) is 3.28. The number of methoxy groups -OCH3 is 1. The van der Waals surface area contributed by atoms with Crippen molar-refractivity contribution in [2.75, 3.05) is 38.0 Å². The summed E-state index contributed by atoms with van der Waals surface area (Å²) in [4.78, 5) is 27.5. The van der Waals surface area contributed by atoms with Gasteiger partial charge in [-0.3, -0.25) is 9.59 Å². The van der Waals surface area contributed by atoms with Gasteiger partial charge in [0.15, 0.2) is 0 Å². The predicted molar refractivity (Wildman–Crippen MR) is 124 cm³/mol. The molecule has 0 aliphatic carbocycles. The first kappa shape index (κ1) is 21.9. The van der Waals surface area contributed by atoms with Crippen molar-refractivity contribution in [3.63, 3.8) is 0 Å². The number of benzene rings is 3. The van der Waals surface area contributed by atoms with Gasteiger partial charge >= 0.3 is 0 Å². The lowest BCUT2D eigenvalue weighted by Gasteiger charge is -2.19. The fourth-order valence-corrected chi connectivity index (χ4v) is 3.28. The average molecular weight is 418 g/mol. The molecular formula is C25H27N3O3. The number of nitrogens with zero attached hydrogens (tertiary/aromatic N) is 1. The zero-order valence-corrected chi connectivity index (χ0v) is 18.0.